The van der Waals surface area contributed by atoms with Crippen LogP contribution in [0.2, 0.25) is 0 Å². The lowest BCUT2D eigenvalue weighted by Gasteiger charge is -2.13. The first-order chi connectivity index (χ1) is 5.95. The van der Waals surface area contributed by atoms with Gasteiger partial charge in [-0.25, -0.2) is 0 Å². The lowest BCUT2D eigenvalue weighted by molar-refractivity contribution is 0.649. The van der Waals surface area contributed by atoms with E-state index in [1.54, 1.807) is 12.7 Å². The smallest absolute Gasteiger partial charge is 0.119 e. The van der Waals surface area contributed by atoms with Gasteiger partial charge in [-0.05, 0) is 13.0 Å². The summed E-state index contributed by atoms with van der Waals surface area (Å²) in [6, 6.07) is 0. The van der Waals surface area contributed by atoms with Crippen LogP contribution in [0.4, 0.5) is 0 Å². The molecule has 0 spiro atoms. The monoisotopic (exact) mass is 164 g/mol. The van der Waals surface area contributed by atoms with Crippen molar-refractivity contribution >= 4 is 0 Å². The van der Waals surface area contributed by atoms with Gasteiger partial charge in [0.15, 0.2) is 0 Å². The molecule has 0 radical (unpaired) electrons. The average molecular weight is 164 g/mol. The van der Waals surface area contributed by atoms with Gasteiger partial charge in [0.05, 0.1) is 0 Å². The van der Waals surface area contributed by atoms with Gasteiger partial charge in [-0.3, -0.25) is 0 Å². The number of hydrogen-bond donors (Lipinski definition) is 1. The molecule has 12 heavy (non-hydrogen) atoms. The summed E-state index contributed by atoms with van der Waals surface area (Å²) in [4.78, 5) is 0. The molecule has 0 amide bonds. The second-order valence-electron chi connectivity index (χ2n) is 2.95. The van der Waals surface area contributed by atoms with Crippen molar-refractivity contribution in [2.75, 3.05) is 13.1 Å². The second kappa shape index (κ2) is 3.49. The van der Waals surface area contributed by atoms with Gasteiger partial charge in [0.1, 0.15) is 12.7 Å². The standard InChI is InChI=1S/C8H12N4/c1-3-9-4-2-8(1)5-12-6-10-11-7-12/h1,6-7,9H,2-5H2. The van der Waals surface area contributed by atoms with Gasteiger partial charge in [-0.15, -0.1) is 10.2 Å². The first-order valence-electron chi connectivity index (χ1n) is 4.16. The number of hydrogen-bond acceptors (Lipinski definition) is 3. The Morgan fingerprint density at radius 2 is 2.25 bits per heavy atom. The van der Waals surface area contributed by atoms with Gasteiger partial charge in [0, 0.05) is 13.1 Å². The highest BCUT2D eigenvalue weighted by Crippen LogP contribution is 2.06. The molecule has 0 aromatic carbocycles. The van der Waals surface area contributed by atoms with E-state index in [9.17, 15) is 0 Å². The molecular weight excluding hydrogens is 152 g/mol. The molecule has 0 unspecified atom stereocenters. The minimum Gasteiger partial charge on any atom is -0.316 e. The van der Waals surface area contributed by atoms with Crippen LogP contribution in [0.25, 0.3) is 0 Å². The average Bonchev–Trinajstić information content (AvgIpc) is 2.59. The summed E-state index contributed by atoms with van der Waals surface area (Å²) in [6.45, 7) is 3.03. The van der Waals surface area contributed by atoms with Crippen LogP contribution in [-0.4, -0.2) is 27.9 Å². The topological polar surface area (TPSA) is 42.7 Å². The fourth-order valence-electron chi connectivity index (χ4n) is 1.35. The van der Waals surface area contributed by atoms with Crippen molar-refractivity contribution in [2.24, 2.45) is 0 Å². The van der Waals surface area contributed by atoms with E-state index in [0.717, 1.165) is 26.1 Å². The fraction of sp³-hybridized carbons (Fsp3) is 0.500. The number of aromatic nitrogens is 3. The largest absolute Gasteiger partial charge is 0.316 e. The van der Waals surface area contributed by atoms with Crippen LogP contribution >= 0.6 is 0 Å². The molecule has 1 aromatic rings. The van der Waals surface area contributed by atoms with E-state index in [0.29, 0.717) is 0 Å². The maximum atomic E-state index is 3.76. The van der Waals surface area contributed by atoms with E-state index in [2.05, 4.69) is 21.6 Å². The first kappa shape index (κ1) is 7.49. The van der Waals surface area contributed by atoms with Crippen molar-refractivity contribution in [3.63, 3.8) is 0 Å². The Morgan fingerprint density at radius 3 is 2.92 bits per heavy atom. The van der Waals surface area contributed by atoms with E-state index < -0.39 is 0 Å². The zero-order valence-electron chi connectivity index (χ0n) is 6.90. The molecule has 4 nitrogen and oxygen atoms in total. The van der Waals surface area contributed by atoms with Crippen molar-refractivity contribution in [1.29, 1.82) is 0 Å². The highest BCUT2D eigenvalue weighted by molar-refractivity contribution is 5.06. The summed E-state index contributed by atoms with van der Waals surface area (Å²) >= 11 is 0. The Hall–Kier alpha value is -1.16. The van der Waals surface area contributed by atoms with Gasteiger partial charge in [0.25, 0.3) is 0 Å². The van der Waals surface area contributed by atoms with E-state index in [1.807, 2.05) is 4.57 Å². The first-order valence-corrected chi connectivity index (χ1v) is 4.16. The zero-order chi connectivity index (χ0) is 8.23. The van der Waals surface area contributed by atoms with Crippen LogP contribution in [0.5, 0.6) is 0 Å². The predicted molar refractivity (Wildman–Crippen MR) is 45.6 cm³/mol. The molecule has 1 aliphatic heterocycles. The maximum absolute atomic E-state index is 3.76. The van der Waals surface area contributed by atoms with E-state index in [-0.39, 0.29) is 0 Å². The van der Waals surface area contributed by atoms with Crippen molar-refractivity contribution in [1.82, 2.24) is 20.1 Å². The minimum atomic E-state index is 0.939. The Labute approximate surface area is 71.3 Å². The summed E-state index contributed by atoms with van der Waals surface area (Å²) in [7, 11) is 0. The summed E-state index contributed by atoms with van der Waals surface area (Å²) in [5.74, 6) is 0. The van der Waals surface area contributed by atoms with E-state index in [4.69, 9.17) is 0 Å². The Balaban J connectivity index is 1.98. The van der Waals surface area contributed by atoms with Crippen LogP contribution in [-0.2, 0) is 6.54 Å². The summed E-state index contributed by atoms with van der Waals surface area (Å²) in [5.41, 5.74) is 1.47. The van der Waals surface area contributed by atoms with Crippen LogP contribution in [0.15, 0.2) is 24.3 Å². The summed E-state index contributed by atoms with van der Waals surface area (Å²) in [5, 5.41) is 10.8. The molecule has 0 bridgehead atoms. The molecule has 4 heteroatoms. The summed E-state index contributed by atoms with van der Waals surface area (Å²) in [6.07, 6.45) is 6.88. The molecule has 2 heterocycles. The molecule has 64 valence electrons. The number of rotatable bonds is 2. The third kappa shape index (κ3) is 1.71. The normalized spacial score (nSPS) is 17.5. The van der Waals surface area contributed by atoms with Crippen molar-refractivity contribution in [3.05, 3.63) is 24.3 Å². The lowest BCUT2D eigenvalue weighted by atomic mass is 10.1. The molecule has 0 atom stereocenters. The maximum Gasteiger partial charge on any atom is 0.119 e. The lowest BCUT2D eigenvalue weighted by Crippen LogP contribution is -2.21. The van der Waals surface area contributed by atoms with Gasteiger partial charge in [-0.2, -0.15) is 0 Å². The molecule has 0 aliphatic carbocycles. The molecule has 2 rings (SSSR count). The summed E-state index contributed by atoms with van der Waals surface area (Å²) < 4.78 is 2.00. The molecule has 1 aliphatic rings. The number of nitrogens with one attached hydrogen (secondary N) is 1. The highest BCUT2D eigenvalue weighted by Gasteiger charge is 2.02. The molecule has 0 fully saturated rings. The Morgan fingerprint density at radius 1 is 1.42 bits per heavy atom. The van der Waals surface area contributed by atoms with Crippen molar-refractivity contribution in [2.45, 2.75) is 13.0 Å². The fourth-order valence-corrected chi connectivity index (χ4v) is 1.35. The van der Waals surface area contributed by atoms with Crippen LogP contribution in [0, 0.1) is 0 Å². The van der Waals surface area contributed by atoms with E-state index in [1.165, 1.54) is 5.57 Å². The van der Waals surface area contributed by atoms with Crippen LogP contribution in [0.1, 0.15) is 6.42 Å². The molecular formula is C8H12N4. The van der Waals surface area contributed by atoms with Gasteiger partial charge in [0.2, 0.25) is 0 Å². The van der Waals surface area contributed by atoms with E-state index >= 15 is 0 Å². The van der Waals surface area contributed by atoms with Crippen molar-refractivity contribution < 1.29 is 0 Å². The molecule has 1 aromatic heterocycles. The minimum absolute atomic E-state index is 0.939. The highest BCUT2D eigenvalue weighted by atomic mass is 15.2. The molecule has 1 N–H and O–H groups in total. The predicted octanol–water partition coefficient (Wildman–Crippen LogP) is 0.198. The Kier molecular flexibility index (Phi) is 2.18. The molecule has 0 saturated heterocycles. The number of nitrogens with zero attached hydrogens (tertiary/aromatic N) is 3. The Bertz CT molecular complexity index is 263. The third-order valence-corrected chi connectivity index (χ3v) is 2.01. The SMILES string of the molecule is C1=C(Cn2cnnc2)CCNC1. The zero-order valence-corrected chi connectivity index (χ0v) is 6.90. The van der Waals surface area contributed by atoms with Crippen LogP contribution in [0.3, 0.4) is 0 Å². The molecule has 0 saturated carbocycles. The van der Waals surface area contributed by atoms with Crippen LogP contribution < -0.4 is 5.32 Å². The third-order valence-electron chi connectivity index (χ3n) is 2.01. The van der Waals surface area contributed by atoms with Gasteiger partial charge in [-0.1, -0.05) is 11.6 Å². The quantitative estimate of drug-likeness (QED) is 0.635. The second-order valence-corrected chi connectivity index (χ2v) is 2.95. The van der Waals surface area contributed by atoms with Gasteiger partial charge < -0.3 is 9.88 Å². The van der Waals surface area contributed by atoms with Crippen molar-refractivity contribution in [3.8, 4) is 0 Å². The van der Waals surface area contributed by atoms with Gasteiger partial charge >= 0.3 is 0 Å².